The van der Waals surface area contributed by atoms with Gasteiger partial charge in [0, 0.05) is 19.3 Å². The number of nitrogens with zero attached hydrogens (tertiary/aromatic N) is 3. The maximum Gasteiger partial charge on any atom is 0.307 e. The Labute approximate surface area is 146 Å². The summed E-state index contributed by atoms with van der Waals surface area (Å²) in [4.78, 5) is 25.7. The van der Waals surface area contributed by atoms with Crippen molar-refractivity contribution in [3.05, 3.63) is 47.8 Å². The van der Waals surface area contributed by atoms with Crippen molar-refractivity contribution in [1.29, 1.82) is 0 Å². The molecule has 1 aliphatic heterocycles. The fourth-order valence-corrected chi connectivity index (χ4v) is 3.97. The zero-order valence-corrected chi connectivity index (χ0v) is 14.2. The van der Waals surface area contributed by atoms with E-state index in [0.29, 0.717) is 18.7 Å². The van der Waals surface area contributed by atoms with E-state index in [2.05, 4.69) is 5.10 Å². The molecule has 1 saturated heterocycles. The average molecular weight is 339 g/mol. The Morgan fingerprint density at radius 1 is 1.24 bits per heavy atom. The van der Waals surface area contributed by atoms with Crippen molar-refractivity contribution in [2.24, 2.45) is 11.3 Å². The predicted molar refractivity (Wildman–Crippen MR) is 91.6 cm³/mol. The van der Waals surface area contributed by atoms with Crippen LogP contribution in [0.25, 0.3) is 5.69 Å². The minimum absolute atomic E-state index is 0.0257. The number of aromatic nitrogens is 2. The molecule has 25 heavy (non-hydrogen) atoms. The van der Waals surface area contributed by atoms with Crippen LogP contribution in [0.5, 0.6) is 0 Å². The van der Waals surface area contributed by atoms with Gasteiger partial charge in [0.05, 0.1) is 23.4 Å². The van der Waals surface area contributed by atoms with Crippen LogP contribution in [0.2, 0.25) is 0 Å². The third-order valence-corrected chi connectivity index (χ3v) is 5.73. The molecule has 1 saturated carbocycles. The van der Waals surface area contributed by atoms with Crippen LogP contribution in [0.3, 0.4) is 0 Å². The van der Waals surface area contributed by atoms with Crippen molar-refractivity contribution in [3.8, 4) is 5.69 Å². The van der Waals surface area contributed by atoms with E-state index in [1.165, 1.54) is 0 Å². The lowest BCUT2D eigenvalue weighted by molar-refractivity contribution is -0.139. The van der Waals surface area contributed by atoms with Crippen molar-refractivity contribution in [3.63, 3.8) is 0 Å². The van der Waals surface area contributed by atoms with Gasteiger partial charge >= 0.3 is 5.97 Å². The Morgan fingerprint density at radius 2 is 1.96 bits per heavy atom. The van der Waals surface area contributed by atoms with Crippen LogP contribution in [-0.2, 0) is 4.79 Å². The summed E-state index contributed by atoms with van der Waals surface area (Å²) >= 11 is 0. The molecule has 1 atom stereocenters. The second-order valence-electron chi connectivity index (χ2n) is 7.21. The van der Waals surface area contributed by atoms with Crippen LogP contribution in [0.4, 0.5) is 0 Å². The Bertz CT molecular complexity index is 834. The van der Waals surface area contributed by atoms with Gasteiger partial charge in [0.15, 0.2) is 0 Å². The smallest absolute Gasteiger partial charge is 0.307 e. The van der Waals surface area contributed by atoms with Gasteiger partial charge in [0.1, 0.15) is 0 Å². The predicted octanol–water partition coefficient (Wildman–Crippen LogP) is 2.51. The number of para-hydroxylation sites is 1. The van der Waals surface area contributed by atoms with Crippen LogP contribution >= 0.6 is 0 Å². The summed E-state index contributed by atoms with van der Waals surface area (Å²) in [6, 6.07) is 7.90. The number of hydrogen-bond acceptors (Lipinski definition) is 3. The number of piperidine rings is 1. The van der Waals surface area contributed by atoms with E-state index in [1.807, 2.05) is 36.1 Å². The third kappa shape index (κ3) is 2.71. The average Bonchev–Trinajstić information content (AvgIpc) is 3.09. The molecule has 130 valence electrons. The highest BCUT2D eigenvalue weighted by molar-refractivity contribution is 5.94. The highest BCUT2D eigenvalue weighted by Gasteiger charge is 2.59. The number of amides is 1. The Morgan fingerprint density at radius 3 is 2.60 bits per heavy atom. The first-order chi connectivity index (χ1) is 12.0. The van der Waals surface area contributed by atoms with E-state index in [-0.39, 0.29) is 17.2 Å². The zero-order valence-electron chi connectivity index (χ0n) is 14.2. The molecular formula is C19H21N3O3. The summed E-state index contributed by atoms with van der Waals surface area (Å²) in [5.74, 6) is -0.935. The van der Waals surface area contributed by atoms with Crippen molar-refractivity contribution < 1.29 is 14.7 Å². The van der Waals surface area contributed by atoms with Crippen molar-refractivity contribution >= 4 is 11.9 Å². The molecule has 1 aromatic carbocycles. The van der Waals surface area contributed by atoms with Gasteiger partial charge < -0.3 is 10.0 Å². The monoisotopic (exact) mass is 339 g/mol. The number of likely N-dealkylation sites (tertiary alicyclic amines) is 1. The van der Waals surface area contributed by atoms with E-state index < -0.39 is 5.97 Å². The molecule has 1 unspecified atom stereocenters. The Kier molecular flexibility index (Phi) is 3.63. The zero-order chi connectivity index (χ0) is 17.6. The van der Waals surface area contributed by atoms with Gasteiger partial charge in [-0.15, -0.1) is 0 Å². The number of aryl methyl sites for hydroxylation is 1. The van der Waals surface area contributed by atoms with E-state index in [9.17, 15) is 9.59 Å². The molecule has 0 bridgehead atoms. The summed E-state index contributed by atoms with van der Waals surface area (Å²) in [5.41, 5.74) is 2.57. The largest absolute Gasteiger partial charge is 0.481 e. The van der Waals surface area contributed by atoms with Gasteiger partial charge in [-0.1, -0.05) is 18.2 Å². The summed E-state index contributed by atoms with van der Waals surface area (Å²) < 4.78 is 1.73. The van der Waals surface area contributed by atoms with Crippen molar-refractivity contribution in [1.82, 2.24) is 14.7 Å². The first-order valence-electron chi connectivity index (χ1n) is 8.63. The van der Waals surface area contributed by atoms with E-state index in [0.717, 1.165) is 30.5 Å². The van der Waals surface area contributed by atoms with Crippen LogP contribution in [0.1, 0.15) is 35.2 Å². The van der Waals surface area contributed by atoms with Gasteiger partial charge in [-0.2, -0.15) is 5.10 Å². The van der Waals surface area contributed by atoms with Crippen molar-refractivity contribution in [2.45, 2.75) is 26.2 Å². The lowest BCUT2D eigenvalue weighted by Crippen LogP contribution is -2.39. The van der Waals surface area contributed by atoms with Gasteiger partial charge in [-0.05, 0) is 43.2 Å². The fourth-order valence-electron chi connectivity index (χ4n) is 3.97. The lowest BCUT2D eigenvalue weighted by atomic mass is 9.90. The minimum atomic E-state index is -0.695. The lowest BCUT2D eigenvalue weighted by Gasteiger charge is -2.32. The second-order valence-corrected chi connectivity index (χ2v) is 7.21. The molecule has 1 aromatic heterocycles. The number of benzene rings is 1. The summed E-state index contributed by atoms with van der Waals surface area (Å²) in [7, 11) is 0. The first kappa shape index (κ1) is 15.9. The SMILES string of the molecule is Cc1ccccc1-n1cc(C(=O)N2CCC3(CC2)CC3C(=O)O)cn1. The molecule has 6 heteroatoms. The highest BCUT2D eigenvalue weighted by Crippen LogP contribution is 2.59. The van der Waals surface area contributed by atoms with E-state index in [1.54, 1.807) is 17.1 Å². The normalized spacial score (nSPS) is 21.3. The molecule has 4 rings (SSSR count). The number of hydrogen-bond donors (Lipinski definition) is 1. The summed E-state index contributed by atoms with van der Waals surface area (Å²) in [6.07, 6.45) is 5.70. The van der Waals surface area contributed by atoms with Crippen LogP contribution in [0, 0.1) is 18.3 Å². The maximum atomic E-state index is 12.7. The number of rotatable bonds is 3. The van der Waals surface area contributed by atoms with Crippen LogP contribution in [-0.4, -0.2) is 44.8 Å². The molecule has 1 aliphatic carbocycles. The van der Waals surface area contributed by atoms with Gasteiger partial charge in [-0.3, -0.25) is 9.59 Å². The number of carbonyl (C=O) groups excluding carboxylic acids is 1. The van der Waals surface area contributed by atoms with E-state index in [4.69, 9.17) is 5.11 Å². The van der Waals surface area contributed by atoms with Gasteiger partial charge in [0.25, 0.3) is 5.91 Å². The van der Waals surface area contributed by atoms with Crippen LogP contribution in [0.15, 0.2) is 36.7 Å². The molecule has 0 radical (unpaired) electrons. The standard InChI is InChI=1S/C19H21N3O3/c1-13-4-2-3-5-16(13)22-12-14(11-20-22)17(23)21-8-6-19(7-9-21)10-15(19)18(24)25/h2-5,11-12,15H,6-10H2,1H3,(H,24,25). The van der Waals surface area contributed by atoms with Gasteiger partial charge in [0.2, 0.25) is 0 Å². The molecule has 2 aromatic rings. The molecule has 1 spiro atoms. The molecule has 2 aliphatic rings. The molecule has 2 fully saturated rings. The highest BCUT2D eigenvalue weighted by atomic mass is 16.4. The fraction of sp³-hybridized carbons (Fsp3) is 0.421. The second kappa shape index (κ2) is 5.72. The van der Waals surface area contributed by atoms with E-state index >= 15 is 0 Å². The topological polar surface area (TPSA) is 75.4 Å². The number of carboxylic acid groups (broad SMARTS) is 1. The number of aliphatic carboxylic acids is 1. The Balaban J connectivity index is 1.45. The van der Waals surface area contributed by atoms with Crippen molar-refractivity contribution in [2.75, 3.05) is 13.1 Å². The Hall–Kier alpha value is -2.63. The number of carboxylic acids is 1. The van der Waals surface area contributed by atoms with Gasteiger partial charge in [-0.25, -0.2) is 4.68 Å². The summed E-state index contributed by atoms with van der Waals surface area (Å²) in [6.45, 7) is 3.26. The molecule has 2 heterocycles. The minimum Gasteiger partial charge on any atom is -0.481 e. The molecule has 1 N–H and O–H groups in total. The quantitative estimate of drug-likeness (QED) is 0.932. The van der Waals surface area contributed by atoms with Crippen LogP contribution < -0.4 is 0 Å². The molecule has 6 nitrogen and oxygen atoms in total. The third-order valence-electron chi connectivity index (χ3n) is 5.73. The molecule has 1 amide bonds. The number of carbonyl (C=O) groups is 2. The molecular weight excluding hydrogens is 318 g/mol. The first-order valence-corrected chi connectivity index (χ1v) is 8.63. The maximum absolute atomic E-state index is 12.7. The summed E-state index contributed by atoms with van der Waals surface area (Å²) in [5, 5.41) is 13.5.